The van der Waals surface area contributed by atoms with Gasteiger partial charge < -0.3 is 24.6 Å². The van der Waals surface area contributed by atoms with Crippen LogP contribution in [0.25, 0.3) is 0 Å². The number of aromatic hydroxyl groups is 1. The van der Waals surface area contributed by atoms with E-state index in [-0.39, 0.29) is 19.1 Å². The molecule has 0 fully saturated rings. The predicted octanol–water partition coefficient (Wildman–Crippen LogP) is 2.59. The van der Waals surface area contributed by atoms with Crippen LogP contribution in [0.5, 0.6) is 17.2 Å². The van der Waals surface area contributed by atoms with Crippen molar-refractivity contribution in [1.29, 1.82) is 0 Å². The minimum Gasteiger partial charge on any atom is -0.504 e. The van der Waals surface area contributed by atoms with Crippen LogP contribution in [0.4, 0.5) is 4.79 Å². The number of benzene rings is 2. The number of hydrogen-bond acceptors (Lipinski definition) is 5. The summed E-state index contributed by atoms with van der Waals surface area (Å²) in [4.78, 5) is 11.6. The third-order valence-corrected chi connectivity index (χ3v) is 3.47. The molecule has 2 N–H and O–H groups in total. The summed E-state index contributed by atoms with van der Waals surface area (Å²) >= 11 is 0. The number of ether oxygens (including phenoxy) is 3. The maximum atomic E-state index is 11.6. The number of nitrogens with one attached hydrogen (secondary N) is 1. The first-order chi connectivity index (χ1) is 11.2. The van der Waals surface area contributed by atoms with Gasteiger partial charge in [-0.2, -0.15) is 0 Å². The van der Waals surface area contributed by atoms with E-state index in [2.05, 4.69) is 5.32 Å². The average Bonchev–Trinajstić information content (AvgIpc) is 3.05. The Hall–Kier alpha value is -2.89. The molecule has 0 aliphatic carbocycles. The van der Waals surface area contributed by atoms with Crippen LogP contribution in [0.3, 0.4) is 0 Å². The lowest BCUT2D eigenvalue weighted by atomic mass is 10.1. The summed E-state index contributed by atoms with van der Waals surface area (Å²) in [6.07, 6.45) is -0.0304. The van der Waals surface area contributed by atoms with Crippen LogP contribution in [0.1, 0.15) is 11.1 Å². The van der Waals surface area contributed by atoms with Crippen molar-refractivity contribution in [3.05, 3.63) is 53.6 Å². The Morgan fingerprint density at radius 3 is 2.83 bits per heavy atom. The Balaban J connectivity index is 1.45. The second kappa shape index (κ2) is 6.91. The van der Waals surface area contributed by atoms with E-state index >= 15 is 0 Å². The molecule has 0 unspecified atom stereocenters. The molecule has 1 aliphatic rings. The van der Waals surface area contributed by atoms with E-state index in [9.17, 15) is 9.90 Å². The van der Waals surface area contributed by atoms with Gasteiger partial charge in [0.1, 0.15) is 6.61 Å². The van der Waals surface area contributed by atoms with Gasteiger partial charge in [0.05, 0.1) is 0 Å². The first-order valence-electron chi connectivity index (χ1n) is 7.29. The van der Waals surface area contributed by atoms with Crippen LogP contribution < -0.4 is 14.8 Å². The summed E-state index contributed by atoms with van der Waals surface area (Å²) in [5, 5.41) is 12.7. The quantitative estimate of drug-likeness (QED) is 0.887. The molecular formula is C17H17NO5. The molecule has 0 atom stereocenters. The fourth-order valence-corrected chi connectivity index (χ4v) is 2.27. The van der Waals surface area contributed by atoms with Crippen molar-refractivity contribution >= 4 is 6.09 Å². The van der Waals surface area contributed by atoms with E-state index < -0.39 is 6.09 Å². The topological polar surface area (TPSA) is 77.0 Å². The third-order valence-electron chi connectivity index (χ3n) is 3.47. The van der Waals surface area contributed by atoms with Crippen LogP contribution in [-0.2, 0) is 17.8 Å². The summed E-state index contributed by atoms with van der Waals surface area (Å²) in [6, 6.07) is 12.9. The maximum absolute atomic E-state index is 11.6. The Kier molecular flexibility index (Phi) is 4.52. The van der Waals surface area contributed by atoms with Crippen molar-refractivity contribution in [3.63, 3.8) is 0 Å². The lowest BCUT2D eigenvalue weighted by Gasteiger charge is -2.09. The molecule has 0 spiro atoms. The molecule has 1 aliphatic heterocycles. The van der Waals surface area contributed by atoms with Gasteiger partial charge >= 0.3 is 6.09 Å². The third kappa shape index (κ3) is 3.66. The fourth-order valence-electron chi connectivity index (χ4n) is 2.27. The molecule has 6 nitrogen and oxygen atoms in total. The zero-order valence-electron chi connectivity index (χ0n) is 12.5. The van der Waals surface area contributed by atoms with E-state index in [1.165, 1.54) is 0 Å². The lowest BCUT2D eigenvalue weighted by molar-refractivity contribution is 0.140. The van der Waals surface area contributed by atoms with Crippen molar-refractivity contribution < 1.29 is 24.1 Å². The number of rotatable bonds is 5. The summed E-state index contributed by atoms with van der Waals surface area (Å²) in [7, 11) is 0. The Morgan fingerprint density at radius 2 is 2.00 bits per heavy atom. The lowest BCUT2D eigenvalue weighted by Crippen LogP contribution is -2.26. The first kappa shape index (κ1) is 15.0. The van der Waals surface area contributed by atoms with Crippen LogP contribution in [-0.4, -0.2) is 24.5 Å². The maximum Gasteiger partial charge on any atom is 0.407 e. The fraction of sp³-hybridized carbons (Fsp3) is 0.235. The molecule has 0 aromatic heterocycles. The number of fused-ring (bicyclic) bond motifs is 1. The van der Waals surface area contributed by atoms with Crippen molar-refractivity contribution in [1.82, 2.24) is 5.32 Å². The van der Waals surface area contributed by atoms with Crippen molar-refractivity contribution in [3.8, 4) is 17.2 Å². The van der Waals surface area contributed by atoms with Gasteiger partial charge in [0.2, 0.25) is 12.5 Å². The largest absolute Gasteiger partial charge is 0.504 e. The monoisotopic (exact) mass is 315 g/mol. The van der Waals surface area contributed by atoms with Gasteiger partial charge in [-0.05, 0) is 23.6 Å². The number of carbonyl (C=O) groups is 1. The van der Waals surface area contributed by atoms with Crippen LogP contribution in [0.15, 0.2) is 42.5 Å². The Labute approximate surface area is 133 Å². The van der Waals surface area contributed by atoms with Gasteiger partial charge in [0.25, 0.3) is 0 Å². The zero-order valence-corrected chi connectivity index (χ0v) is 12.5. The normalized spacial score (nSPS) is 12.0. The van der Waals surface area contributed by atoms with Crippen molar-refractivity contribution in [2.75, 3.05) is 13.3 Å². The van der Waals surface area contributed by atoms with Crippen LogP contribution in [0, 0.1) is 0 Å². The molecule has 0 saturated carbocycles. The molecule has 2 aromatic carbocycles. The van der Waals surface area contributed by atoms with Gasteiger partial charge in [0, 0.05) is 6.54 Å². The summed E-state index contributed by atoms with van der Waals surface area (Å²) < 4.78 is 15.5. The number of phenolic OH excluding ortho intramolecular Hbond substituents is 1. The molecule has 23 heavy (non-hydrogen) atoms. The van der Waals surface area contributed by atoms with E-state index in [0.717, 1.165) is 5.56 Å². The molecule has 1 heterocycles. The average molecular weight is 315 g/mol. The molecule has 6 heteroatoms. The standard InChI is InChI=1S/C17H17NO5/c19-15-13(6-7-14-16(15)23-11-22-14)8-9-18-17(20)21-10-12-4-2-1-3-5-12/h1-7,19H,8-11H2,(H,18,20). The van der Waals surface area contributed by atoms with E-state index in [4.69, 9.17) is 14.2 Å². The highest BCUT2D eigenvalue weighted by Gasteiger charge is 2.20. The van der Waals surface area contributed by atoms with E-state index in [0.29, 0.717) is 30.0 Å². The highest BCUT2D eigenvalue weighted by Crippen LogP contribution is 2.42. The van der Waals surface area contributed by atoms with Gasteiger partial charge in [-0.1, -0.05) is 36.4 Å². The highest BCUT2D eigenvalue weighted by atomic mass is 16.7. The number of phenols is 1. The number of alkyl carbamates (subject to hydrolysis) is 1. The smallest absolute Gasteiger partial charge is 0.407 e. The van der Waals surface area contributed by atoms with Gasteiger partial charge in [-0.25, -0.2) is 4.79 Å². The second-order valence-electron chi connectivity index (χ2n) is 5.05. The Bertz CT molecular complexity index is 687. The van der Waals surface area contributed by atoms with Gasteiger partial charge in [0.15, 0.2) is 11.5 Å². The van der Waals surface area contributed by atoms with E-state index in [1.807, 2.05) is 30.3 Å². The molecule has 3 rings (SSSR count). The summed E-state index contributed by atoms with van der Waals surface area (Å²) in [5.41, 5.74) is 1.61. The SMILES string of the molecule is O=C(NCCc1ccc2c(c1O)OCO2)OCc1ccccc1. The van der Waals surface area contributed by atoms with Crippen LogP contribution >= 0.6 is 0 Å². The van der Waals surface area contributed by atoms with Gasteiger partial charge in [-0.15, -0.1) is 0 Å². The number of amides is 1. The summed E-state index contributed by atoms with van der Waals surface area (Å²) in [6.45, 7) is 0.680. The highest BCUT2D eigenvalue weighted by molar-refractivity contribution is 5.67. The molecular weight excluding hydrogens is 298 g/mol. The van der Waals surface area contributed by atoms with Crippen molar-refractivity contribution in [2.45, 2.75) is 13.0 Å². The van der Waals surface area contributed by atoms with E-state index in [1.54, 1.807) is 12.1 Å². The molecule has 0 radical (unpaired) electrons. The van der Waals surface area contributed by atoms with Crippen molar-refractivity contribution in [2.24, 2.45) is 0 Å². The molecule has 120 valence electrons. The Morgan fingerprint density at radius 1 is 1.17 bits per heavy atom. The summed E-state index contributed by atoms with van der Waals surface area (Å²) in [5.74, 6) is 0.940. The zero-order chi connectivity index (χ0) is 16.1. The number of carbonyl (C=O) groups excluding carboxylic acids is 1. The molecule has 1 amide bonds. The molecule has 0 saturated heterocycles. The predicted molar refractivity (Wildman–Crippen MR) is 82.6 cm³/mol. The van der Waals surface area contributed by atoms with Crippen LogP contribution in [0.2, 0.25) is 0 Å². The molecule has 2 aromatic rings. The minimum atomic E-state index is -0.492. The number of hydrogen-bond donors (Lipinski definition) is 2. The first-order valence-corrected chi connectivity index (χ1v) is 7.29. The molecule has 0 bridgehead atoms. The van der Waals surface area contributed by atoms with Gasteiger partial charge in [-0.3, -0.25) is 0 Å². The second-order valence-corrected chi connectivity index (χ2v) is 5.05. The minimum absolute atomic E-state index is 0.0550.